The normalized spacial score (nSPS) is 12.9. The van der Waals surface area contributed by atoms with Gasteiger partial charge >= 0.3 is 0 Å². The highest BCUT2D eigenvalue weighted by Gasteiger charge is 2.27. The minimum absolute atomic E-state index is 0.155. The second kappa shape index (κ2) is 5.88. The average molecular weight is 381 g/mol. The Bertz CT molecular complexity index is 955. The second-order valence-electron chi connectivity index (χ2n) is 8.15. The number of benzene rings is 1. The molecule has 0 unspecified atom stereocenters. The summed E-state index contributed by atoms with van der Waals surface area (Å²) in [6.45, 7) is 10.9. The summed E-state index contributed by atoms with van der Waals surface area (Å²) in [4.78, 5) is 13.1. The van der Waals surface area contributed by atoms with Crippen LogP contribution in [0.2, 0.25) is 10.0 Å². The Morgan fingerprint density at radius 3 is 2.32 bits per heavy atom. The van der Waals surface area contributed by atoms with Crippen molar-refractivity contribution in [3.63, 3.8) is 0 Å². The van der Waals surface area contributed by atoms with Gasteiger partial charge in [-0.25, -0.2) is 9.38 Å². The fourth-order valence-corrected chi connectivity index (χ4v) is 3.70. The minimum Gasteiger partial charge on any atom is -0.368 e. The van der Waals surface area contributed by atoms with Gasteiger partial charge in [0.25, 0.3) is 0 Å². The third-order valence-electron chi connectivity index (χ3n) is 3.75. The number of nitrogens with one attached hydrogen (secondary N) is 1. The van der Waals surface area contributed by atoms with Crippen LogP contribution in [-0.4, -0.2) is 24.9 Å². The van der Waals surface area contributed by atoms with E-state index in [1.807, 2.05) is 4.40 Å². The van der Waals surface area contributed by atoms with Crippen molar-refractivity contribution >= 4 is 51.9 Å². The molecule has 134 valence electrons. The molecule has 0 saturated heterocycles. The van der Waals surface area contributed by atoms with Gasteiger partial charge in [-0.05, 0) is 37.8 Å². The van der Waals surface area contributed by atoms with E-state index in [0.29, 0.717) is 27.3 Å². The lowest BCUT2D eigenvalue weighted by Crippen LogP contribution is -2.36. The van der Waals surface area contributed by atoms with E-state index in [1.165, 1.54) is 0 Å². The van der Waals surface area contributed by atoms with Crippen LogP contribution in [0.5, 0.6) is 0 Å². The quantitative estimate of drug-likeness (QED) is 0.682. The molecule has 1 aromatic carbocycles. The smallest absolute Gasteiger partial charge is 0.241 e. The first kappa shape index (κ1) is 18.0. The molecule has 0 spiro atoms. The molecular formula is C17H22Cl2N6. The number of anilines is 2. The number of fused-ring (bicyclic) bond motifs is 3. The summed E-state index contributed by atoms with van der Waals surface area (Å²) in [5.41, 5.74) is 7.29. The van der Waals surface area contributed by atoms with E-state index in [-0.39, 0.29) is 16.9 Å². The number of rotatable bonds is 3. The molecule has 0 bridgehead atoms. The largest absolute Gasteiger partial charge is 0.368 e. The molecule has 0 aliphatic heterocycles. The van der Waals surface area contributed by atoms with E-state index in [4.69, 9.17) is 28.9 Å². The standard InChI is InChI=1S/C17H22Cl2N6/c1-16(2,3)8-17(4,5)24-15-23-13(20)22-14-21-11-6-9(18)10(19)7-12(11)25(14)15/h6-7H,8H2,1-5H3,(H3,20,21,22,23,24). The van der Waals surface area contributed by atoms with Crippen molar-refractivity contribution in [2.45, 2.75) is 46.6 Å². The van der Waals surface area contributed by atoms with Crippen LogP contribution in [0.15, 0.2) is 12.1 Å². The molecule has 0 aliphatic rings. The Balaban J connectivity index is 2.19. The van der Waals surface area contributed by atoms with E-state index in [1.54, 1.807) is 12.1 Å². The fourth-order valence-electron chi connectivity index (χ4n) is 3.39. The minimum atomic E-state index is -0.210. The third-order valence-corrected chi connectivity index (χ3v) is 4.47. The van der Waals surface area contributed by atoms with E-state index in [9.17, 15) is 0 Å². The van der Waals surface area contributed by atoms with Gasteiger partial charge in [-0.2, -0.15) is 9.97 Å². The summed E-state index contributed by atoms with van der Waals surface area (Å²) in [6.07, 6.45) is 0.935. The molecule has 0 amide bonds. The maximum atomic E-state index is 6.19. The van der Waals surface area contributed by atoms with Crippen LogP contribution in [0.4, 0.5) is 11.9 Å². The van der Waals surface area contributed by atoms with Crippen LogP contribution in [-0.2, 0) is 0 Å². The monoisotopic (exact) mass is 380 g/mol. The molecule has 0 atom stereocenters. The van der Waals surface area contributed by atoms with Crippen molar-refractivity contribution in [2.75, 3.05) is 11.1 Å². The SMILES string of the molecule is CC(C)(C)CC(C)(C)Nc1nc(N)nc2nc3cc(Cl)c(Cl)cc3n12. The zero-order chi connectivity index (χ0) is 18.6. The Labute approximate surface area is 156 Å². The first-order valence-corrected chi connectivity index (χ1v) is 8.80. The zero-order valence-corrected chi connectivity index (χ0v) is 16.5. The maximum absolute atomic E-state index is 6.19. The van der Waals surface area contributed by atoms with Crippen LogP contribution in [0, 0.1) is 5.41 Å². The number of hydrogen-bond donors (Lipinski definition) is 2. The molecule has 2 heterocycles. The lowest BCUT2D eigenvalue weighted by molar-refractivity contribution is 0.301. The molecule has 3 aromatic rings. The van der Waals surface area contributed by atoms with Gasteiger partial charge in [0.2, 0.25) is 17.7 Å². The summed E-state index contributed by atoms with van der Waals surface area (Å²) in [5.74, 6) is 1.20. The van der Waals surface area contributed by atoms with Crippen LogP contribution >= 0.6 is 23.2 Å². The van der Waals surface area contributed by atoms with Gasteiger partial charge in [-0.1, -0.05) is 44.0 Å². The van der Waals surface area contributed by atoms with Crippen LogP contribution in [0.3, 0.4) is 0 Å². The van der Waals surface area contributed by atoms with Crippen molar-refractivity contribution in [3.8, 4) is 0 Å². The number of nitrogens with zero attached hydrogens (tertiary/aromatic N) is 4. The highest BCUT2D eigenvalue weighted by molar-refractivity contribution is 6.42. The lowest BCUT2D eigenvalue weighted by Gasteiger charge is -2.33. The highest BCUT2D eigenvalue weighted by Crippen LogP contribution is 2.32. The topological polar surface area (TPSA) is 81.1 Å². The maximum Gasteiger partial charge on any atom is 0.241 e. The van der Waals surface area contributed by atoms with Gasteiger partial charge in [0.1, 0.15) is 0 Å². The Morgan fingerprint density at radius 1 is 1.04 bits per heavy atom. The molecule has 25 heavy (non-hydrogen) atoms. The second-order valence-corrected chi connectivity index (χ2v) is 8.97. The van der Waals surface area contributed by atoms with Gasteiger partial charge < -0.3 is 11.1 Å². The predicted molar refractivity (Wildman–Crippen MR) is 104 cm³/mol. The number of hydrogen-bond acceptors (Lipinski definition) is 5. The first-order valence-electron chi connectivity index (χ1n) is 8.04. The predicted octanol–water partition coefficient (Wildman–Crippen LogP) is 4.79. The summed E-state index contributed by atoms with van der Waals surface area (Å²) >= 11 is 12.3. The van der Waals surface area contributed by atoms with Crippen LogP contribution in [0.25, 0.3) is 16.8 Å². The molecule has 8 heteroatoms. The van der Waals surface area contributed by atoms with E-state index < -0.39 is 0 Å². The van der Waals surface area contributed by atoms with E-state index in [0.717, 1.165) is 11.9 Å². The molecule has 3 rings (SSSR count). The number of imidazole rings is 1. The van der Waals surface area contributed by atoms with Gasteiger partial charge in [0.15, 0.2) is 0 Å². The summed E-state index contributed by atoms with van der Waals surface area (Å²) in [5, 5.41) is 4.38. The van der Waals surface area contributed by atoms with Crippen molar-refractivity contribution in [1.29, 1.82) is 0 Å². The average Bonchev–Trinajstić information content (AvgIpc) is 2.72. The molecule has 2 aromatic heterocycles. The molecule has 0 fully saturated rings. The third kappa shape index (κ3) is 3.75. The van der Waals surface area contributed by atoms with Crippen molar-refractivity contribution in [1.82, 2.24) is 19.4 Å². The fraction of sp³-hybridized carbons (Fsp3) is 0.471. The molecule has 6 nitrogen and oxygen atoms in total. The van der Waals surface area contributed by atoms with Crippen molar-refractivity contribution in [2.24, 2.45) is 5.41 Å². The Kier molecular flexibility index (Phi) is 4.24. The van der Waals surface area contributed by atoms with E-state index in [2.05, 4.69) is 54.9 Å². The summed E-state index contributed by atoms with van der Waals surface area (Å²) in [7, 11) is 0. The van der Waals surface area contributed by atoms with Gasteiger partial charge in [0.05, 0.1) is 21.1 Å². The summed E-state index contributed by atoms with van der Waals surface area (Å²) < 4.78 is 1.82. The zero-order valence-electron chi connectivity index (χ0n) is 15.0. The molecule has 0 aliphatic carbocycles. The van der Waals surface area contributed by atoms with Gasteiger partial charge in [0, 0.05) is 5.54 Å². The van der Waals surface area contributed by atoms with Crippen LogP contribution < -0.4 is 11.1 Å². The van der Waals surface area contributed by atoms with Crippen molar-refractivity contribution in [3.05, 3.63) is 22.2 Å². The van der Waals surface area contributed by atoms with Gasteiger partial charge in [-0.15, -0.1) is 0 Å². The number of nitrogen functional groups attached to an aromatic ring is 1. The Morgan fingerprint density at radius 2 is 1.68 bits per heavy atom. The number of aromatic nitrogens is 4. The number of halogens is 2. The van der Waals surface area contributed by atoms with Gasteiger partial charge in [-0.3, -0.25) is 0 Å². The molecular weight excluding hydrogens is 359 g/mol. The van der Waals surface area contributed by atoms with Crippen molar-refractivity contribution < 1.29 is 0 Å². The molecule has 3 N–H and O–H groups in total. The first-order chi connectivity index (χ1) is 11.5. The summed E-state index contributed by atoms with van der Waals surface area (Å²) in [6, 6.07) is 3.48. The highest BCUT2D eigenvalue weighted by atomic mass is 35.5. The number of nitrogens with two attached hydrogens (primary N) is 1. The van der Waals surface area contributed by atoms with Crippen LogP contribution in [0.1, 0.15) is 41.0 Å². The lowest BCUT2D eigenvalue weighted by atomic mass is 9.82. The molecule has 0 saturated carbocycles. The molecule has 0 radical (unpaired) electrons. The van der Waals surface area contributed by atoms with E-state index >= 15 is 0 Å². The Hall–Kier alpha value is -1.79.